The summed E-state index contributed by atoms with van der Waals surface area (Å²) in [5.74, 6) is -1.99. The Hall–Kier alpha value is -1.98. The number of amides is 1. The molecule has 0 bridgehead atoms. The van der Waals surface area contributed by atoms with Crippen LogP contribution in [-0.4, -0.2) is 25.5 Å². The van der Waals surface area contributed by atoms with Crippen LogP contribution in [0.5, 0.6) is 0 Å². The van der Waals surface area contributed by atoms with E-state index in [0.717, 1.165) is 6.07 Å². The Morgan fingerprint density at radius 1 is 1.29 bits per heavy atom. The highest BCUT2D eigenvalue weighted by Gasteiger charge is 2.26. The van der Waals surface area contributed by atoms with Crippen LogP contribution in [0.4, 0.5) is 14.5 Å². The summed E-state index contributed by atoms with van der Waals surface area (Å²) in [6.07, 6.45) is 1.84. The molecule has 0 radical (unpaired) electrons. The molecule has 0 atom stereocenters. The number of rotatable bonds is 4. The van der Waals surface area contributed by atoms with Crippen molar-refractivity contribution in [3.05, 3.63) is 29.3 Å². The molecule has 0 aliphatic carbocycles. The van der Waals surface area contributed by atoms with Gasteiger partial charge < -0.3 is 9.64 Å². The predicted molar refractivity (Wildman–Crippen MR) is 72.9 cm³/mol. The highest BCUT2D eigenvalue weighted by Crippen LogP contribution is 2.31. The Bertz CT molecular complexity index is 560. The van der Waals surface area contributed by atoms with E-state index in [2.05, 4.69) is 4.74 Å². The summed E-state index contributed by atoms with van der Waals surface area (Å²) in [7, 11) is 1.29. The third-order valence-corrected chi connectivity index (χ3v) is 3.51. The first-order chi connectivity index (χ1) is 10.0. The SMILES string of the molecule is COC(=O)CCCC(=O)N1CCCc2cc(F)cc(F)c21. The van der Waals surface area contributed by atoms with E-state index in [1.165, 1.54) is 18.1 Å². The van der Waals surface area contributed by atoms with Crippen molar-refractivity contribution in [2.75, 3.05) is 18.6 Å². The number of methoxy groups -OCH3 is 1. The van der Waals surface area contributed by atoms with Gasteiger partial charge in [0, 0.05) is 25.5 Å². The molecule has 0 fully saturated rings. The van der Waals surface area contributed by atoms with Crippen LogP contribution in [-0.2, 0) is 20.7 Å². The van der Waals surface area contributed by atoms with Gasteiger partial charge in [0.1, 0.15) is 11.6 Å². The molecule has 1 aromatic rings. The van der Waals surface area contributed by atoms with Gasteiger partial charge in [0.15, 0.2) is 0 Å². The van der Waals surface area contributed by atoms with Crippen molar-refractivity contribution in [3.63, 3.8) is 0 Å². The molecule has 0 unspecified atom stereocenters. The lowest BCUT2D eigenvalue weighted by atomic mass is 10.0. The van der Waals surface area contributed by atoms with Crippen molar-refractivity contribution in [2.45, 2.75) is 32.1 Å². The number of anilines is 1. The smallest absolute Gasteiger partial charge is 0.305 e. The lowest BCUT2D eigenvalue weighted by Crippen LogP contribution is -2.36. The maximum Gasteiger partial charge on any atom is 0.305 e. The molecule has 0 aromatic heterocycles. The van der Waals surface area contributed by atoms with Gasteiger partial charge in [-0.2, -0.15) is 0 Å². The van der Waals surface area contributed by atoms with E-state index in [9.17, 15) is 18.4 Å². The summed E-state index contributed by atoms with van der Waals surface area (Å²) in [4.78, 5) is 24.5. The summed E-state index contributed by atoms with van der Waals surface area (Å²) < 4.78 is 31.7. The Morgan fingerprint density at radius 3 is 2.76 bits per heavy atom. The molecule has 1 amide bonds. The van der Waals surface area contributed by atoms with Crippen LogP contribution in [0.15, 0.2) is 12.1 Å². The fraction of sp³-hybridized carbons (Fsp3) is 0.467. The fourth-order valence-electron chi connectivity index (χ4n) is 2.52. The number of nitrogens with zero attached hydrogens (tertiary/aromatic N) is 1. The molecule has 0 saturated carbocycles. The Labute approximate surface area is 121 Å². The molecule has 1 aromatic carbocycles. The molecule has 0 saturated heterocycles. The molecular weight excluding hydrogens is 280 g/mol. The van der Waals surface area contributed by atoms with Crippen LogP contribution in [0, 0.1) is 11.6 Å². The third-order valence-electron chi connectivity index (χ3n) is 3.51. The number of carbonyl (C=O) groups is 2. The Morgan fingerprint density at radius 2 is 2.05 bits per heavy atom. The zero-order valence-corrected chi connectivity index (χ0v) is 11.8. The average Bonchev–Trinajstić information content (AvgIpc) is 2.45. The van der Waals surface area contributed by atoms with Gasteiger partial charge in [-0.05, 0) is 30.9 Å². The minimum atomic E-state index is -0.717. The van der Waals surface area contributed by atoms with Crippen molar-refractivity contribution < 1.29 is 23.1 Å². The first-order valence-corrected chi connectivity index (χ1v) is 6.88. The summed E-state index contributed by atoms with van der Waals surface area (Å²) in [5.41, 5.74) is 0.686. The maximum atomic E-state index is 13.9. The minimum Gasteiger partial charge on any atom is -0.469 e. The molecule has 6 heteroatoms. The van der Waals surface area contributed by atoms with E-state index >= 15 is 0 Å². The first-order valence-electron chi connectivity index (χ1n) is 6.88. The van der Waals surface area contributed by atoms with Gasteiger partial charge >= 0.3 is 5.97 Å². The lowest BCUT2D eigenvalue weighted by Gasteiger charge is -2.30. The lowest BCUT2D eigenvalue weighted by molar-refractivity contribution is -0.140. The minimum absolute atomic E-state index is 0.130. The van der Waals surface area contributed by atoms with E-state index in [1.54, 1.807) is 0 Å². The van der Waals surface area contributed by atoms with Crippen LogP contribution in [0.1, 0.15) is 31.2 Å². The van der Waals surface area contributed by atoms with Crippen molar-refractivity contribution in [1.82, 2.24) is 0 Å². The van der Waals surface area contributed by atoms with E-state index in [-0.39, 0.29) is 30.4 Å². The predicted octanol–water partition coefficient (Wildman–Crippen LogP) is 2.59. The van der Waals surface area contributed by atoms with Crippen molar-refractivity contribution in [1.29, 1.82) is 0 Å². The highest BCUT2D eigenvalue weighted by molar-refractivity contribution is 5.94. The van der Waals surface area contributed by atoms with Crippen LogP contribution >= 0.6 is 0 Å². The number of esters is 1. The summed E-state index contributed by atoms with van der Waals surface area (Å²) >= 11 is 0. The first kappa shape index (κ1) is 15.4. The molecule has 4 nitrogen and oxygen atoms in total. The van der Waals surface area contributed by atoms with Crippen molar-refractivity contribution in [3.8, 4) is 0 Å². The van der Waals surface area contributed by atoms with Gasteiger partial charge in [0.25, 0.3) is 0 Å². The third kappa shape index (κ3) is 3.56. The number of ether oxygens (including phenoxy) is 1. The molecule has 114 valence electrons. The second-order valence-electron chi connectivity index (χ2n) is 4.97. The van der Waals surface area contributed by atoms with Crippen LogP contribution in [0.2, 0.25) is 0 Å². The normalized spacial score (nSPS) is 13.8. The standard InChI is InChI=1S/C15H17F2NO3/c1-21-14(20)6-2-5-13(19)18-7-3-4-10-8-11(16)9-12(17)15(10)18/h8-9H,2-7H2,1H3. The molecule has 21 heavy (non-hydrogen) atoms. The van der Waals surface area contributed by atoms with Crippen LogP contribution in [0.3, 0.4) is 0 Å². The Kier molecular flexibility index (Phi) is 4.88. The number of fused-ring (bicyclic) bond motifs is 1. The van der Waals surface area contributed by atoms with E-state index in [0.29, 0.717) is 31.4 Å². The second kappa shape index (κ2) is 6.65. The van der Waals surface area contributed by atoms with E-state index in [4.69, 9.17) is 0 Å². The van der Waals surface area contributed by atoms with Crippen LogP contribution < -0.4 is 4.90 Å². The topological polar surface area (TPSA) is 46.6 Å². The molecule has 1 aliphatic heterocycles. The summed E-state index contributed by atoms with van der Waals surface area (Å²) in [6.45, 7) is 0.409. The molecular formula is C15H17F2NO3. The molecule has 1 aliphatic rings. The summed E-state index contributed by atoms with van der Waals surface area (Å²) in [6, 6.07) is 2.06. The van der Waals surface area contributed by atoms with Gasteiger partial charge in [-0.3, -0.25) is 9.59 Å². The fourth-order valence-corrected chi connectivity index (χ4v) is 2.52. The number of halogens is 2. The Balaban J connectivity index is 2.09. The molecule has 1 heterocycles. The molecule has 2 rings (SSSR count). The van der Waals surface area contributed by atoms with Gasteiger partial charge in [-0.15, -0.1) is 0 Å². The quantitative estimate of drug-likeness (QED) is 0.803. The van der Waals surface area contributed by atoms with Gasteiger partial charge in [0.2, 0.25) is 5.91 Å². The number of hydrogen-bond donors (Lipinski definition) is 0. The summed E-state index contributed by atoms with van der Waals surface area (Å²) in [5, 5.41) is 0. The number of hydrogen-bond acceptors (Lipinski definition) is 3. The highest BCUT2D eigenvalue weighted by atomic mass is 19.1. The van der Waals surface area contributed by atoms with Gasteiger partial charge in [-0.25, -0.2) is 8.78 Å². The zero-order chi connectivity index (χ0) is 15.4. The zero-order valence-electron chi connectivity index (χ0n) is 11.8. The second-order valence-corrected chi connectivity index (χ2v) is 4.97. The maximum absolute atomic E-state index is 13.9. The number of carbonyl (C=O) groups excluding carboxylic acids is 2. The van der Waals surface area contributed by atoms with Crippen LogP contribution in [0.25, 0.3) is 0 Å². The number of benzene rings is 1. The van der Waals surface area contributed by atoms with Gasteiger partial charge in [-0.1, -0.05) is 0 Å². The van der Waals surface area contributed by atoms with Crippen molar-refractivity contribution >= 4 is 17.6 Å². The monoisotopic (exact) mass is 297 g/mol. The van der Waals surface area contributed by atoms with Crippen molar-refractivity contribution in [2.24, 2.45) is 0 Å². The number of aryl methyl sites for hydroxylation is 1. The van der Waals surface area contributed by atoms with Gasteiger partial charge in [0.05, 0.1) is 12.8 Å². The molecule has 0 spiro atoms. The average molecular weight is 297 g/mol. The van der Waals surface area contributed by atoms with E-state index < -0.39 is 11.6 Å². The largest absolute Gasteiger partial charge is 0.469 e. The molecule has 0 N–H and O–H groups in total. The van der Waals surface area contributed by atoms with E-state index in [1.807, 2.05) is 0 Å².